The van der Waals surface area contributed by atoms with Crippen molar-refractivity contribution in [1.82, 2.24) is 10.3 Å². The van der Waals surface area contributed by atoms with E-state index in [0.29, 0.717) is 0 Å². The molecule has 0 fully saturated rings. The lowest BCUT2D eigenvalue weighted by Crippen LogP contribution is -2.16. The topological polar surface area (TPSA) is 37.0 Å². The molecule has 2 heterocycles. The smallest absolute Gasteiger partial charge is 0.119 e. The second-order valence-corrected chi connectivity index (χ2v) is 8.90. The number of rotatable bonds is 5. The minimum absolute atomic E-state index is 0. The Kier molecular flexibility index (Phi) is 6.92. The standard InChI is InChI=1S/C25H32N2O.ClH/c1-25(2,3)19-9-5-10-20(17-19)28-16-6-8-18-7-4-11-23-24(18)21-12-14-26-15-13-22(21)27-23;/h4-5,7,9-11,17,26-27H,6,8,12-16H2,1-3H3;1H. The van der Waals surface area contributed by atoms with E-state index in [-0.39, 0.29) is 17.8 Å². The maximum absolute atomic E-state index is 6.07. The highest BCUT2D eigenvalue weighted by molar-refractivity contribution is 5.88. The van der Waals surface area contributed by atoms with Gasteiger partial charge >= 0.3 is 0 Å². The largest absolute Gasteiger partial charge is 0.494 e. The van der Waals surface area contributed by atoms with Gasteiger partial charge in [-0.2, -0.15) is 0 Å². The van der Waals surface area contributed by atoms with Crippen LogP contribution in [0.1, 0.15) is 49.6 Å². The third-order valence-corrected chi connectivity index (χ3v) is 5.77. The Morgan fingerprint density at radius 2 is 1.79 bits per heavy atom. The molecule has 4 heteroatoms. The Labute approximate surface area is 180 Å². The van der Waals surface area contributed by atoms with Crippen molar-refractivity contribution in [3.63, 3.8) is 0 Å². The maximum atomic E-state index is 6.07. The Bertz CT molecular complexity index is 955. The van der Waals surface area contributed by atoms with Gasteiger partial charge in [-0.25, -0.2) is 0 Å². The first-order chi connectivity index (χ1) is 13.5. The Morgan fingerprint density at radius 1 is 1.00 bits per heavy atom. The van der Waals surface area contributed by atoms with Crippen molar-refractivity contribution in [1.29, 1.82) is 0 Å². The SMILES string of the molecule is CC(C)(C)c1cccc(OCCCc2cccc3[nH]c4c(c23)CCNCC4)c1.Cl. The molecule has 0 radical (unpaired) electrons. The highest BCUT2D eigenvalue weighted by Gasteiger charge is 2.16. The molecule has 156 valence electrons. The summed E-state index contributed by atoms with van der Waals surface area (Å²) < 4.78 is 6.07. The molecule has 29 heavy (non-hydrogen) atoms. The van der Waals surface area contributed by atoms with E-state index in [4.69, 9.17) is 4.74 Å². The molecule has 0 aliphatic carbocycles. The first kappa shape index (κ1) is 21.7. The van der Waals surface area contributed by atoms with E-state index in [1.807, 2.05) is 0 Å². The van der Waals surface area contributed by atoms with Crippen LogP contribution in [0.25, 0.3) is 10.9 Å². The van der Waals surface area contributed by atoms with Gasteiger partial charge in [0.1, 0.15) is 5.75 Å². The lowest BCUT2D eigenvalue weighted by Gasteiger charge is -2.19. The van der Waals surface area contributed by atoms with E-state index in [0.717, 1.165) is 51.1 Å². The van der Waals surface area contributed by atoms with Crippen molar-refractivity contribution in [3.05, 3.63) is 64.8 Å². The van der Waals surface area contributed by atoms with Crippen LogP contribution in [0, 0.1) is 0 Å². The summed E-state index contributed by atoms with van der Waals surface area (Å²) in [6, 6.07) is 15.2. The summed E-state index contributed by atoms with van der Waals surface area (Å²) in [4.78, 5) is 3.66. The second-order valence-electron chi connectivity index (χ2n) is 8.90. The van der Waals surface area contributed by atoms with Crippen molar-refractivity contribution >= 4 is 23.3 Å². The number of benzene rings is 2. The zero-order valence-corrected chi connectivity index (χ0v) is 18.6. The molecule has 2 N–H and O–H groups in total. The minimum atomic E-state index is 0. The maximum Gasteiger partial charge on any atom is 0.119 e. The number of halogens is 1. The Morgan fingerprint density at radius 3 is 2.62 bits per heavy atom. The van der Waals surface area contributed by atoms with Crippen LogP contribution in [0.5, 0.6) is 5.75 Å². The molecule has 0 atom stereocenters. The summed E-state index contributed by atoms with van der Waals surface area (Å²) in [6.07, 6.45) is 4.28. The summed E-state index contributed by atoms with van der Waals surface area (Å²) in [5.74, 6) is 0.979. The first-order valence-electron chi connectivity index (χ1n) is 10.6. The highest BCUT2D eigenvalue weighted by Crippen LogP contribution is 2.29. The second kappa shape index (κ2) is 9.23. The van der Waals surface area contributed by atoms with Gasteiger partial charge in [-0.15, -0.1) is 12.4 Å². The minimum Gasteiger partial charge on any atom is -0.494 e. The van der Waals surface area contributed by atoms with Gasteiger partial charge < -0.3 is 15.0 Å². The fourth-order valence-corrected chi connectivity index (χ4v) is 4.20. The number of aryl methyl sites for hydroxylation is 1. The van der Waals surface area contributed by atoms with Gasteiger partial charge in [0.05, 0.1) is 6.61 Å². The monoisotopic (exact) mass is 412 g/mol. The number of fused-ring (bicyclic) bond motifs is 3. The molecular weight excluding hydrogens is 380 g/mol. The predicted octanol–water partition coefficient (Wildman–Crippen LogP) is 5.59. The van der Waals surface area contributed by atoms with Crippen molar-refractivity contribution in [2.45, 2.75) is 51.9 Å². The molecule has 0 unspecified atom stereocenters. The average Bonchev–Trinajstić information content (AvgIpc) is 2.87. The quantitative estimate of drug-likeness (QED) is 0.536. The zero-order valence-electron chi connectivity index (χ0n) is 17.8. The predicted molar refractivity (Wildman–Crippen MR) is 125 cm³/mol. The Balaban J connectivity index is 0.00000240. The normalized spacial score (nSPS) is 14.2. The molecule has 1 aliphatic heterocycles. The van der Waals surface area contributed by atoms with E-state index in [2.05, 4.69) is 73.5 Å². The molecule has 0 spiro atoms. The molecule has 0 amide bonds. The van der Waals surface area contributed by atoms with Gasteiger partial charge in [-0.3, -0.25) is 0 Å². The van der Waals surface area contributed by atoms with Gasteiger partial charge in [0.15, 0.2) is 0 Å². The number of nitrogens with one attached hydrogen (secondary N) is 2. The summed E-state index contributed by atoms with van der Waals surface area (Å²) in [7, 11) is 0. The summed E-state index contributed by atoms with van der Waals surface area (Å²) in [6.45, 7) is 9.60. The van der Waals surface area contributed by atoms with Crippen molar-refractivity contribution < 1.29 is 4.74 Å². The number of aromatic amines is 1. The molecule has 4 rings (SSSR count). The first-order valence-corrected chi connectivity index (χ1v) is 10.6. The molecule has 3 aromatic rings. The molecule has 3 nitrogen and oxygen atoms in total. The van der Waals surface area contributed by atoms with Crippen LogP contribution in [0.15, 0.2) is 42.5 Å². The number of hydrogen-bond donors (Lipinski definition) is 2. The van der Waals surface area contributed by atoms with Crippen molar-refractivity contribution in [2.75, 3.05) is 19.7 Å². The van der Waals surface area contributed by atoms with Crippen molar-refractivity contribution in [3.8, 4) is 5.75 Å². The lowest BCUT2D eigenvalue weighted by atomic mass is 9.87. The zero-order chi connectivity index (χ0) is 19.6. The molecule has 1 aliphatic rings. The van der Waals surface area contributed by atoms with E-state index >= 15 is 0 Å². The van der Waals surface area contributed by atoms with E-state index in [1.165, 1.54) is 33.3 Å². The summed E-state index contributed by atoms with van der Waals surface area (Å²) in [5.41, 5.74) is 7.15. The van der Waals surface area contributed by atoms with E-state index < -0.39 is 0 Å². The summed E-state index contributed by atoms with van der Waals surface area (Å²) >= 11 is 0. The molecule has 1 aromatic heterocycles. The third kappa shape index (κ3) is 4.96. The number of ether oxygens (including phenoxy) is 1. The number of hydrogen-bond acceptors (Lipinski definition) is 2. The van der Waals surface area contributed by atoms with Crippen LogP contribution in [0.2, 0.25) is 0 Å². The van der Waals surface area contributed by atoms with Crippen LogP contribution in [0.3, 0.4) is 0 Å². The molecule has 2 aromatic carbocycles. The number of aromatic nitrogens is 1. The fraction of sp³-hybridized carbons (Fsp3) is 0.440. The third-order valence-electron chi connectivity index (χ3n) is 5.77. The van der Waals surface area contributed by atoms with Gasteiger partial charge in [-0.05, 0) is 66.1 Å². The van der Waals surface area contributed by atoms with Gasteiger partial charge in [0.2, 0.25) is 0 Å². The van der Waals surface area contributed by atoms with Crippen LogP contribution in [0.4, 0.5) is 0 Å². The summed E-state index contributed by atoms with van der Waals surface area (Å²) in [5, 5.41) is 4.96. The van der Waals surface area contributed by atoms with Crippen LogP contribution >= 0.6 is 12.4 Å². The average molecular weight is 413 g/mol. The lowest BCUT2D eigenvalue weighted by molar-refractivity contribution is 0.310. The molecule has 0 saturated heterocycles. The van der Waals surface area contributed by atoms with Gasteiger partial charge in [0, 0.05) is 29.6 Å². The Hall–Kier alpha value is -1.97. The van der Waals surface area contributed by atoms with Gasteiger partial charge in [-0.1, -0.05) is 45.0 Å². The molecular formula is C25H33ClN2O. The molecule has 0 saturated carbocycles. The van der Waals surface area contributed by atoms with E-state index in [1.54, 1.807) is 0 Å². The van der Waals surface area contributed by atoms with Crippen LogP contribution < -0.4 is 10.1 Å². The fourth-order valence-electron chi connectivity index (χ4n) is 4.20. The van der Waals surface area contributed by atoms with Crippen molar-refractivity contribution in [2.24, 2.45) is 0 Å². The molecule has 0 bridgehead atoms. The van der Waals surface area contributed by atoms with Gasteiger partial charge in [0.25, 0.3) is 0 Å². The highest BCUT2D eigenvalue weighted by atomic mass is 35.5. The van der Waals surface area contributed by atoms with Crippen LogP contribution in [-0.4, -0.2) is 24.7 Å². The van der Waals surface area contributed by atoms with E-state index in [9.17, 15) is 0 Å². The van der Waals surface area contributed by atoms with Crippen LogP contribution in [-0.2, 0) is 24.7 Å². The number of H-pyrrole nitrogens is 1.